The fraction of sp³-hybridized carbons (Fsp3) is 0.273. The quantitative estimate of drug-likeness (QED) is 0.627. The van der Waals surface area contributed by atoms with Crippen LogP contribution in [0.4, 0.5) is 5.69 Å². The molecule has 1 N–H and O–H groups in total. The molecule has 0 atom stereocenters. The van der Waals surface area contributed by atoms with Gasteiger partial charge in [0.2, 0.25) is 0 Å². The number of hydrogen-bond donors (Lipinski definition) is 1. The molecule has 1 nitrogen and oxygen atoms in total. The number of nitrogens with one attached hydrogen (secondary N) is 1. The second-order valence-corrected chi connectivity index (χ2v) is 3.66. The van der Waals surface area contributed by atoms with E-state index in [0.717, 1.165) is 29.5 Å². The zero-order valence-electron chi connectivity index (χ0n) is 7.39. The van der Waals surface area contributed by atoms with Gasteiger partial charge >= 0.3 is 0 Å². The van der Waals surface area contributed by atoms with E-state index in [1.807, 2.05) is 18.2 Å². The first-order chi connectivity index (χ1) is 6.33. The maximum atomic E-state index is 5.15. The molecule has 0 bridgehead atoms. The first-order valence-corrected chi connectivity index (χ1v) is 5.05. The van der Waals surface area contributed by atoms with E-state index in [1.165, 1.54) is 0 Å². The number of halogens is 1. The summed E-state index contributed by atoms with van der Waals surface area (Å²) in [5.74, 6) is 2.62. The van der Waals surface area contributed by atoms with E-state index in [1.54, 1.807) is 0 Å². The molecule has 0 aromatic heterocycles. The van der Waals surface area contributed by atoms with Gasteiger partial charge in [-0.05, 0) is 24.6 Å². The Hall–Kier alpha value is -0.940. The third-order valence-corrected chi connectivity index (χ3v) is 2.14. The molecule has 0 saturated carbocycles. The van der Waals surface area contributed by atoms with E-state index in [-0.39, 0.29) is 0 Å². The van der Waals surface area contributed by atoms with Gasteiger partial charge in [-0.3, -0.25) is 0 Å². The molecule has 0 fully saturated rings. The van der Waals surface area contributed by atoms with Crippen LogP contribution in [-0.2, 0) is 0 Å². The Bertz CT molecular complexity index is 301. The average Bonchev–Trinajstić information content (AvgIpc) is 2.13. The summed E-state index contributed by atoms with van der Waals surface area (Å²) in [4.78, 5) is 0. The topological polar surface area (TPSA) is 12.0 Å². The molecule has 0 amide bonds. The van der Waals surface area contributed by atoms with Gasteiger partial charge in [0, 0.05) is 23.1 Å². The minimum absolute atomic E-state index is 0.834. The van der Waals surface area contributed by atoms with Crippen molar-refractivity contribution in [3.63, 3.8) is 0 Å². The van der Waals surface area contributed by atoms with Gasteiger partial charge in [-0.2, -0.15) is 0 Å². The number of rotatable bonds is 4. The van der Waals surface area contributed by atoms with Gasteiger partial charge in [-0.15, -0.1) is 12.3 Å². The molecule has 0 heterocycles. The third-order valence-electron chi connectivity index (χ3n) is 1.65. The minimum atomic E-state index is 0.834. The Labute approximate surface area is 87.7 Å². The smallest absolute Gasteiger partial charge is 0.0351 e. The number of anilines is 1. The number of unbranched alkanes of at least 4 members (excludes halogenated alkanes) is 1. The van der Waals surface area contributed by atoms with E-state index in [4.69, 9.17) is 6.42 Å². The highest BCUT2D eigenvalue weighted by Gasteiger charge is 1.91. The summed E-state index contributed by atoms with van der Waals surface area (Å²) < 4.78 is 1.09. The minimum Gasteiger partial charge on any atom is -0.385 e. The van der Waals surface area contributed by atoms with Crippen LogP contribution in [0.25, 0.3) is 0 Å². The van der Waals surface area contributed by atoms with Crippen LogP contribution in [0.2, 0.25) is 0 Å². The Kier molecular flexibility index (Phi) is 4.42. The molecule has 1 aromatic carbocycles. The highest BCUT2D eigenvalue weighted by Crippen LogP contribution is 2.15. The van der Waals surface area contributed by atoms with Gasteiger partial charge in [-0.1, -0.05) is 22.0 Å². The molecular formula is C11H12BrN. The summed E-state index contributed by atoms with van der Waals surface area (Å²) in [7, 11) is 0. The predicted molar refractivity (Wildman–Crippen MR) is 60.7 cm³/mol. The molecule has 13 heavy (non-hydrogen) atoms. The highest BCUT2D eigenvalue weighted by atomic mass is 79.9. The summed E-state index contributed by atoms with van der Waals surface area (Å²) in [6.07, 6.45) is 7.00. The van der Waals surface area contributed by atoms with Crippen LogP contribution in [0.15, 0.2) is 28.7 Å². The Morgan fingerprint density at radius 3 is 3.00 bits per heavy atom. The van der Waals surface area contributed by atoms with Crippen molar-refractivity contribution in [2.75, 3.05) is 11.9 Å². The van der Waals surface area contributed by atoms with E-state index in [0.29, 0.717) is 0 Å². The molecule has 0 aliphatic rings. The summed E-state index contributed by atoms with van der Waals surface area (Å²) in [6, 6.07) is 8.11. The van der Waals surface area contributed by atoms with Crippen LogP contribution in [0.5, 0.6) is 0 Å². The summed E-state index contributed by atoms with van der Waals surface area (Å²) in [6.45, 7) is 0.931. The van der Waals surface area contributed by atoms with Crippen molar-refractivity contribution >= 4 is 21.6 Å². The predicted octanol–water partition coefficient (Wildman–Crippen LogP) is 3.27. The average molecular weight is 238 g/mol. The van der Waals surface area contributed by atoms with Gasteiger partial charge in [-0.25, -0.2) is 0 Å². The van der Waals surface area contributed by atoms with Crippen LogP contribution in [-0.4, -0.2) is 6.54 Å². The fourth-order valence-corrected chi connectivity index (χ4v) is 1.42. The van der Waals surface area contributed by atoms with Crippen molar-refractivity contribution in [2.45, 2.75) is 12.8 Å². The fourth-order valence-electron chi connectivity index (χ4n) is 1.02. The summed E-state index contributed by atoms with van der Waals surface area (Å²) in [5, 5.41) is 3.29. The van der Waals surface area contributed by atoms with Crippen LogP contribution in [0, 0.1) is 12.3 Å². The van der Waals surface area contributed by atoms with Crippen molar-refractivity contribution in [1.82, 2.24) is 0 Å². The molecule has 0 aliphatic heterocycles. The van der Waals surface area contributed by atoms with Crippen molar-refractivity contribution in [1.29, 1.82) is 0 Å². The second-order valence-electron chi connectivity index (χ2n) is 2.74. The van der Waals surface area contributed by atoms with Crippen LogP contribution in [0.1, 0.15) is 12.8 Å². The largest absolute Gasteiger partial charge is 0.385 e. The lowest BCUT2D eigenvalue weighted by atomic mass is 10.3. The van der Waals surface area contributed by atoms with E-state index >= 15 is 0 Å². The summed E-state index contributed by atoms with van der Waals surface area (Å²) >= 11 is 3.41. The molecule has 1 aromatic rings. The van der Waals surface area contributed by atoms with Gasteiger partial charge < -0.3 is 5.32 Å². The third kappa shape index (κ3) is 4.00. The molecule has 0 aliphatic carbocycles. The standard InChI is InChI=1S/C11H12BrN/c1-2-3-4-8-13-11-7-5-6-10(12)9-11/h1,5-7,9,13H,3-4,8H2. The molecule has 1 rings (SSSR count). The maximum Gasteiger partial charge on any atom is 0.0351 e. The number of terminal acetylenes is 1. The first kappa shape index (κ1) is 10.1. The van der Waals surface area contributed by atoms with E-state index in [2.05, 4.69) is 33.2 Å². The lowest BCUT2D eigenvalue weighted by Crippen LogP contribution is -2.00. The molecule has 0 unspecified atom stereocenters. The lowest BCUT2D eigenvalue weighted by Gasteiger charge is -2.04. The first-order valence-electron chi connectivity index (χ1n) is 4.26. The number of benzene rings is 1. The zero-order valence-corrected chi connectivity index (χ0v) is 8.97. The molecular weight excluding hydrogens is 226 g/mol. The zero-order chi connectivity index (χ0) is 9.52. The van der Waals surface area contributed by atoms with Crippen molar-refractivity contribution < 1.29 is 0 Å². The molecule has 0 saturated heterocycles. The molecule has 0 radical (unpaired) electrons. The Balaban J connectivity index is 2.33. The SMILES string of the molecule is C#CCCCNc1cccc(Br)c1. The Morgan fingerprint density at radius 2 is 2.31 bits per heavy atom. The monoisotopic (exact) mass is 237 g/mol. The second kappa shape index (κ2) is 5.66. The van der Waals surface area contributed by atoms with Crippen LogP contribution in [0.3, 0.4) is 0 Å². The van der Waals surface area contributed by atoms with Crippen LogP contribution < -0.4 is 5.32 Å². The molecule has 2 heteroatoms. The number of hydrogen-bond acceptors (Lipinski definition) is 1. The normalized spacial score (nSPS) is 9.23. The van der Waals surface area contributed by atoms with Gasteiger partial charge in [0.05, 0.1) is 0 Å². The van der Waals surface area contributed by atoms with Gasteiger partial charge in [0.15, 0.2) is 0 Å². The van der Waals surface area contributed by atoms with Gasteiger partial charge in [0.25, 0.3) is 0 Å². The van der Waals surface area contributed by atoms with Crippen molar-refractivity contribution in [3.8, 4) is 12.3 Å². The van der Waals surface area contributed by atoms with Crippen LogP contribution >= 0.6 is 15.9 Å². The molecule has 0 spiro atoms. The van der Waals surface area contributed by atoms with E-state index in [9.17, 15) is 0 Å². The highest BCUT2D eigenvalue weighted by molar-refractivity contribution is 9.10. The molecule has 68 valence electrons. The Morgan fingerprint density at radius 1 is 1.46 bits per heavy atom. The van der Waals surface area contributed by atoms with Gasteiger partial charge in [0.1, 0.15) is 0 Å². The van der Waals surface area contributed by atoms with Crippen molar-refractivity contribution in [2.24, 2.45) is 0 Å². The van der Waals surface area contributed by atoms with E-state index < -0.39 is 0 Å². The maximum absolute atomic E-state index is 5.15. The van der Waals surface area contributed by atoms with Crippen molar-refractivity contribution in [3.05, 3.63) is 28.7 Å². The lowest BCUT2D eigenvalue weighted by molar-refractivity contribution is 0.907. The summed E-state index contributed by atoms with van der Waals surface area (Å²) in [5.41, 5.74) is 1.13.